The number of hydrogen-bond donors (Lipinski definition) is 0. The van der Waals surface area contributed by atoms with Gasteiger partial charge in [-0.05, 0) is 42.0 Å². The van der Waals surface area contributed by atoms with Crippen LogP contribution in [-0.2, 0) is 14.3 Å². The number of amides is 2. The van der Waals surface area contributed by atoms with Gasteiger partial charge >= 0.3 is 0 Å². The number of hydrogen-bond acceptors (Lipinski definition) is 7. The van der Waals surface area contributed by atoms with Crippen LogP contribution in [0, 0.1) is 11.8 Å². The Morgan fingerprint density at radius 3 is 2.03 bits per heavy atom. The second kappa shape index (κ2) is 8.36. The van der Waals surface area contributed by atoms with Crippen LogP contribution in [0.25, 0.3) is 0 Å². The lowest BCUT2D eigenvalue weighted by Gasteiger charge is -2.27. The van der Waals surface area contributed by atoms with Gasteiger partial charge in [-0.3, -0.25) is 19.2 Å². The van der Waals surface area contributed by atoms with Gasteiger partial charge in [-0.1, -0.05) is 46.3 Å². The third-order valence-corrected chi connectivity index (χ3v) is 7.87. The predicted molar refractivity (Wildman–Crippen MR) is 135 cm³/mol. The summed E-state index contributed by atoms with van der Waals surface area (Å²) in [6.07, 6.45) is -1.05. The molecule has 186 valence electrons. The highest BCUT2D eigenvalue weighted by molar-refractivity contribution is 9.10. The van der Waals surface area contributed by atoms with E-state index in [0.717, 1.165) is 9.37 Å². The van der Waals surface area contributed by atoms with Crippen molar-refractivity contribution < 1.29 is 33.4 Å². The minimum absolute atomic E-state index is 0.182. The van der Waals surface area contributed by atoms with Crippen molar-refractivity contribution >= 4 is 45.0 Å². The minimum atomic E-state index is -2.14. The molecule has 3 aliphatic rings. The number of anilines is 1. The molecule has 0 unspecified atom stereocenters. The van der Waals surface area contributed by atoms with Gasteiger partial charge in [0.2, 0.25) is 29.0 Å². The van der Waals surface area contributed by atoms with Crippen molar-refractivity contribution in [2.75, 3.05) is 19.1 Å². The van der Waals surface area contributed by atoms with Crippen molar-refractivity contribution in [3.63, 3.8) is 0 Å². The summed E-state index contributed by atoms with van der Waals surface area (Å²) in [6, 6.07) is 18.0. The highest BCUT2D eigenvalue weighted by atomic mass is 79.9. The van der Waals surface area contributed by atoms with Gasteiger partial charge in [-0.25, -0.2) is 4.90 Å². The molecule has 2 amide bonds. The largest absolute Gasteiger partial charge is 0.493 e. The number of benzene rings is 3. The Kier molecular flexibility index (Phi) is 5.32. The van der Waals surface area contributed by atoms with Crippen LogP contribution < -0.4 is 14.4 Å². The van der Waals surface area contributed by atoms with E-state index < -0.39 is 46.9 Å². The van der Waals surface area contributed by atoms with Gasteiger partial charge in [0.15, 0.2) is 11.5 Å². The number of methoxy groups -OCH3 is 2. The zero-order chi connectivity index (χ0) is 26.1. The molecule has 0 saturated carbocycles. The van der Waals surface area contributed by atoms with E-state index >= 15 is 0 Å². The fourth-order valence-corrected chi connectivity index (χ4v) is 5.96. The van der Waals surface area contributed by atoms with E-state index in [2.05, 4.69) is 15.9 Å². The maximum absolute atomic E-state index is 14.0. The van der Waals surface area contributed by atoms with Gasteiger partial charge in [0.25, 0.3) is 0 Å². The standard InChI is InChI=1S/C28H20BrNO7/c1-35-19-12-7-14(13-20(19)36-2)23-21-22(27(34)30(26(21)33)16-10-8-15(29)9-11-16)28(37-23)24(31)17-5-3-4-6-18(17)25(28)32/h3-13,21-23H,1-2H3/t21-,22-,23+/m0/s1. The molecule has 0 radical (unpaired) electrons. The third-order valence-electron chi connectivity index (χ3n) is 7.34. The SMILES string of the molecule is COc1ccc([C@H]2OC3(C(=O)c4ccccc4C3=O)[C@@H]3C(=O)N(c4ccc(Br)cc4)C(=O)[C@H]23)cc1OC. The fourth-order valence-electron chi connectivity index (χ4n) is 5.69. The van der Waals surface area contributed by atoms with Gasteiger partial charge < -0.3 is 14.2 Å². The molecule has 1 aliphatic carbocycles. The van der Waals surface area contributed by atoms with Crippen molar-refractivity contribution in [3.8, 4) is 11.5 Å². The van der Waals surface area contributed by atoms with Gasteiger partial charge in [0.05, 0.1) is 37.8 Å². The Bertz CT molecular complexity index is 1460. The van der Waals surface area contributed by atoms with Crippen molar-refractivity contribution in [1.82, 2.24) is 0 Å². The number of ketones is 2. The van der Waals surface area contributed by atoms with Crippen molar-refractivity contribution in [1.29, 1.82) is 0 Å². The lowest BCUT2D eigenvalue weighted by Crippen LogP contribution is -2.51. The molecule has 0 N–H and O–H groups in total. The summed E-state index contributed by atoms with van der Waals surface area (Å²) in [6.45, 7) is 0. The predicted octanol–water partition coefficient (Wildman–Crippen LogP) is 4.16. The van der Waals surface area contributed by atoms with Crippen LogP contribution >= 0.6 is 15.9 Å². The Labute approximate surface area is 220 Å². The second-order valence-corrected chi connectivity index (χ2v) is 10.00. The summed E-state index contributed by atoms with van der Waals surface area (Å²) in [5.41, 5.74) is -0.935. The number of carbonyl (C=O) groups is 4. The smallest absolute Gasteiger partial charge is 0.241 e. The molecule has 0 aromatic heterocycles. The molecule has 1 spiro atoms. The quantitative estimate of drug-likeness (QED) is 0.348. The number of Topliss-reactive ketones (excluding diaryl/α,β-unsaturated/α-hetero) is 2. The average Bonchev–Trinajstić information content (AvgIpc) is 3.49. The molecule has 2 fully saturated rings. The number of ether oxygens (including phenoxy) is 3. The molecular formula is C28H20BrNO7. The number of imide groups is 1. The topological polar surface area (TPSA) is 99.2 Å². The highest BCUT2D eigenvalue weighted by Crippen LogP contribution is 2.58. The van der Waals surface area contributed by atoms with Crippen LogP contribution in [0.1, 0.15) is 32.4 Å². The Morgan fingerprint density at radius 1 is 0.811 bits per heavy atom. The van der Waals surface area contributed by atoms with Crippen molar-refractivity contribution in [3.05, 3.63) is 87.9 Å². The summed E-state index contributed by atoms with van der Waals surface area (Å²) >= 11 is 3.36. The van der Waals surface area contributed by atoms with Crippen LogP contribution in [0.15, 0.2) is 71.2 Å². The summed E-state index contributed by atoms with van der Waals surface area (Å²) in [5, 5.41) is 0. The van der Waals surface area contributed by atoms with E-state index in [4.69, 9.17) is 14.2 Å². The molecule has 9 heteroatoms. The second-order valence-electron chi connectivity index (χ2n) is 9.08. The lowest BCUT2D eigenvalue weighted by molar-refractivity contribution is -0.127. The molecule has 0 bridgehead atoms. The normalized spacial score (nSPS) is 23.5. The number of nitrogens with zero attached hydrogens (tertiary/aromatic N) is 1. The van der Waals surface area contributed by atoms with Crippen LogP contribution in [-0.4, -0.2) is 43.2 Å². The first kappa shape index (κ1) is 23.6. The highest BCUT2D eigenvalue weighted by Gasteiger charge is 2.74. The molecule has 2 aliphatic heterocycles. The third kappa shape index (κ3) is 3.10. The molecule has 37 heavy (non-hydrogen) atoms. The van der Waals surface area contributed by atoms with E-state index in [1.807, 2.05) is 0 Å². The maximum Gasteiger partial charge on any atom is 0.241 e. The van der Waals surface area contributed by atoms with Crippen LogP contribution in [0.4, 0.5) is 5.69 Å². The van der Waals surface area contributed by atoms with Gasteiger partial charge in [0, 0.05) is 15.6 Å². The summed E-state index contributed by atoms with van der Waals surface area (Å²) < 4.78 is 17.8. The van der Waals surface area contributed by atoms with Crippen molar-refractivity contribution in [2.45, 2.75) is 11.7 Å². The van der Waals surface area contributed by atoms with E-state index in [1.54, 1.807) is 66.7 Å². The molecule has 3 atom stereocenters. The number of carbonyl (C=O) groups excluding carboxylic acids is 4. The maximum atomic E-state index is 14.0. The van der Waals surface area contributed by atoms with Crippen LogP contribution in [0.3, 0.4) is 0 Å². The first-order valence-electron chi connectivity index (χ1n) is 11.5. The average molecular weight is 562 g/mol. The van der Waals surface area contributed by atoms with Crippen LogP contribution in [0.2, 0.25) is 0 Å². The number of rotatable bonds is 4. The number of halogens is 1. The van der Waals surface area contributed by atoms with Gasteiger partial charge in [0.1, 0.15) is 0 Å². The molecule has 6 rings (SSSR count). The summed E-state index contributed by atoms with van der Waals surface area (Å²) in [4.78, 5) is 56.6. The Morgan fingerprint density at radius 2 is 1.43 bits per heavy atom. The molecular weight excluding hydrogens is 542 g/mol. The Hall–Kier alpha value is -3.82. The Balaban J connectivity index is 1.54. The molecule has 3 aromatic carbocycles. The van der Waals surface area contributed by atoms with E-state index in [9.17, 15) is 19.2 Å². The lowest BCUT2D eigenvalue weighted by atomic mass is 9.77. The van der Waals surface area contributed by atoms with Crippen molar-refractivity contribution in [2.24, 2.45) is 11.8 Å². The molecule has 2 heterocycles. The zero-order valence-electron chi connectivity index (χ0n) is 19.8. The molecule has 3 aromatic rings. The van der Waals surface area contributed by atoms with E-state index in [-0.39, 0.29) is 11.1 Å². The van der Waals surface area contributed by atoms with E-state index in [1.165, 1.54) is 14.2 Å². The van der Waals surface area contributed by atoms with Gasteiger partial charge in [-0.2, -0.15) is 0 Å². The zero-order valence-corrected chi connectivity index (χ0v) is 21.4. The first-order chi connectivity index (χ1) is 17.8. The summed E-state index contributed by atoms with van der Waals surface area (Å²) in [7, 11) is 2.97. The van der Waals surface area contributed by atoms with Gasteiger partial charge in [-0.15, -0.1) is 0 Å². The monoisotopic (exact) mass is 561 g/mol. The van der Waals surface area contributed by atoms with Crippen LogP contribution in [0.5, 0.6) is 11.5 Å². The van der Waals surface area contributed by atoms with E-state index in [0.29, 0.717) is 22.7 Å². The first-order valence-corrected chi connectivity index (χ1v) is 12.3. The number of fused-ring (bicyclic) bond motifs is 3. The molecule has 8 nitrogen and oxygen atoms in total. The summed E-state index contributed by atoms with van der Waals surface area (Å²) in [5.74, 6) is -3.98. The minimum Gasteiger partial charge on any atom is -0.493 e. The fraction of sp³-hybridized carbons (Fsp3) is 0.214. The molecule has 2 saturated heterocycles.